The molecule has 0 rings (SSSR count). The van der Waals surface area contributed by atoms with Crippen molar-refractivity contribution in [3.63, 3.8) is 0 Å². The lowest BCUT2D eigenvalue weighted by atomic mass is 10.0. The lowest BCUT2D eigenvalue weighted by Crippen LogP contribution is -2.31. The van der Waals surface area contributed by atoms with Crippen molar-refractivity contribution in [2.75, 3.05) is 0 Å². The summed E-state index contributed by atoms with van der Waals surface area (Å²) in [6, 6.07) is -0.0935. The van der Waals surface area contributed by atoms with Crippen molar-refractivity contribution in [2.45, 2.75) is 64.0 Å². The summed E-state index contributed by atoms with van der Waals surface area (Å²) < 4.78 is 0. The maximum atomic E-state index is 9.48. The number of hydrogen-bond acceptors (Lipinski definition) is 2. The normalized spacial score (nSPS) is 15.2. The Bertz CT molecular complexity index is 187. The molecule has 0 aliphatic carbocycles. The largest absolute Gasteiger partial charge is 0.392 e. The van der Waals surface area contributed by atoms with E-state index in [1.165, 1.54) is 25.7 Å². The average molecular weight is 225 g/mol. The Morgan fingerprint density at radius 3 is 2.44 bits per heavy atom. The van der Waals surface area contributed by atoms with Crippen LogP contribution in [0.2, 0.25) is 0 Å². The zero-order valence-electron chi connectivity index (χ0n) is 10.6. The van der Waals surface area contributed by atoms with E-state index in [-0.39, 0.29) is 12.1 Å². The van der Waals surface area contributed by atoms with Gasteiger partial charge in [0.25, 0.3) is 0 Å². The summed E-state index contributed by atoms with van der Waals surface area (Å²) in [4.78, 5) is 0. The topological polar surface area (TPSA) is 46.2 Å². The maximum absolute atomic E-state index is 9.48. The molecule has 0 fully saturated rings. The number of rotatable bonds is 10. The third-order valence-electron chi connectivity index (χ3n) is 2.75. The van der Waals surface area contributed by atoms with Gasteiger partial charge in [0.15, 0.2) is 0 Å². The van der Waals surface area contributed by atoms with Gasteiger partial charge in [-0.3, -0.25) is 0 Å². The molecule has 2 atom stereocenters. The van der Waals surface area contributed by atoms with Gasteiger partial charge in [0.1, 0.15) is 0 Å². The molecule has 0 bridgehead atoms. The van der Waals surface area contributed by atoms with Gasteiger partial charge in [-0.25, -0.2) is 0 Å². The number of unbranched alkanes of at least 4 members (excludes halogenated alkanes) is 5. The summed E-state index contributed by atoms with van der Waals surface area (Å²) >= 11 is 0. The van der Waals surface area contributed by atoms with Gasteiger partial charge in [-0.05, 0) is 26.2 Å². The average Bonchev–Trinajstić information content (AvgIpc) is 2.26. The van der Waals surface area contributed by atoms with Crippen LogP contribution in [0.15, 0.2) is 24.8 Å². The van der Waals surface area contributed by atoms with Crippen molar-refractivity contribution < 1.29 is 5.11 Å². The lowest BCUT2D eigenvalue weighted by Gasteiger charge is -2.13. The molecule has 0 aromatic heterocycles. The Balaban J connectivity index is 3.15. The van der Waals surface area contributed by atoms with Crippen LogP contribution in [0.25, 0.3) is 0 Å². The van der Waals surface area contributed by atoms with Gasteiger partial charge < -0.3 is 10.8 Å². The Hall–Kier alpha value is -0.600. The van der Waals surface area contributed by atoms with Gasteiger partial charge in [-0.1, -0.05) is 50.5 Å². The van der Waals surface area contributed by atoms with E-state index in [0.29, 0.717) is 0 Å². The predicted octanol–water partition coefficient (Wildman–Crippen LogP) is 3.17. The number of aliphatic hydroxyl groups is 1. The number of hydrogen-bond donors (Lipinski definition) is 2. The molecule has 0 saturated carbocycles. The molecule has 0 aromatic carbocycles. The minimum Gasteiger partial charge on any atom is -0.392 e. The van der Waals surface area contributed by atoms with Crippen LogP contribution in [0.4, 0.5) is 0 Å². The van der Waals surface area contributed by atoms with Crippen molar-refractivity contribution in [3.05, 3.63) is 24.8 Å². The summed E-state index contributed by atoms with van der Waals surface area (Å²) in [5.74, 6) is 0. The highest BCUT2D eigenvalue weighted by Crippen LogP contribution is 2.10. The van der Waals surface area contributed by atoms with Crippen LogP contribution < -0.4 is 5.73 Å². The molecular weight excluding hydrogens is 198 g/mol. The van der Waals surface area contributed by atoms with Gasteiger partial charge in [-0.15, -0.1) is 0 Å². The molecule has 0 aliphatic rings. The first kappa shape index (κ1) is 15.4. The fourth-order valence-corrected chi connectivity index (χ4v) is 1.60. The molecule has 0 amide bonds. The van der Waals surface area contributed by atoms with Crippen molar-refractivity contribution in [1.29, 1.82) is 0 Å². The predicted molar refractivity (Wildman–Crippen MR) is 71.3 cm³/mol. The third-order valence-corrected chi connectivity index (χ3v) is 2.75. The highest BCUT2D eigenvalue weighted by Gasteiger charge is 2.07. The maximum Gasteiger partial charge on any atom is 0.0688 e. The molecule has 0 spiro atoms. The van der Waals surface area contributed by atoms with Gasteiger partial charge in [0.2, 0.25) is 0 Å². The van der Waals surface area contributed by atoms with E-state index in [2.05, 4.69) is 12.7 Å². The van der Waals surface area contributed by atoms with Crippen LogP contribution in [-0.2, 0) is 0 Å². The van der Waals surface area contributed by atoms with Crippen molar-refractivity contribution in [2.24, 2.45) is 5.73 Å². The second kappa shape index (κ2) is 10.9. The molecule has 2 nitrogen and oxygen atoms in total. The fourth-order valence-electron chi connectivity index (χ4n) is 1.60. The van der Waals surface area contributed by atoms with Gasteiger partial charge >= 0.3 is 0 Å². The molecule has 0 aliphatic heterocycles. The first-order valence-corrected chi connectivity index (χ1v) is 6.39. The Morgan fingerprint density at radius 1 is 1.19 bits per heavy atom. The van der Waals surface area contributed by atoms with Crippen molar-refractivity contribution in [1.82, 2.24) is 0 Å². The molecular formula is C14H27NO. The van der Waals surface area contributed by atoms with E-state index >= 15 is 0 Å². The molecule has 94 valence electrons. The van der Waals surface area contributed by atoms with Gasteiger partial charge in [0.05, 0.1) is 6.10 Å². The summed E-state index contributed by atoms with van der Waals surface area (Å²) in [6.45, 7) is 5.49. The van der Waals surface area contributed by atoms with Crippen LogP contribution in [-0.4, -0.2) is 17.3 Å². The SMILES string of the molecule is C=CC=CCCCCCCC[C@@H](O)[C@H](C)N. The van der Waals surface area contributed by atoms with E-state index in [1.54, 1.807) is 0 Å². The van der Waals surface area contributed by atoms with Crippen molar-refractivity contribution >= 4 is 0 Å². The summed E-state index contributed by atoms with van der Waals surface area (Å²) in [5, 5.41) is 9.48. The monoisotopic (exact) mass is 225 g/mol. The zero-order valence-corrected chi connectivity index (χ0v) is 10.6. The number of allylic oxidation sites excluding steroid dienone is 3. The highest BCUT2D eigenvalue weighted by molar-refractivity contribution is 4.96. The molecule has 0 heterocycles. The van der Waals surface area contributed by atoms with Gasteiger partial charge in [-0.2, -0.15) is 0 Å². The second-order valence-corrected chi connectivity index (χ2v) is 4.44. The Morgan fingerprint density at radius 2 is 1.81 bits per heavy atom. The third kappa shape index (κ3) is 9.94. The minimum absolute atomic E-state index is 0.0935. The van der Waals surface area contributed by atoms with Crippen LogP contribution in [0, 0.1) is 0 Å². The molecule has 0 saturated heterocycles. The van der Waals surface area contributed by atoms with Crippen molar-refractivity contribution in [3.8, 4) is 0 Å². The summed E-state index contributed by atoms with van der Waals surface area (Å²) in [7, 11) is 0. The molecule has 0 unspecified atom stereocenters. The zero-order chi connectivity index (χ0) is 12.2. The standard InChI is InChI=1S/C14H27NO/c1-3-4-5-6-7-8-9-10-11-12-14(16)13(2)15/h3-5,13-14,16H,1,6-12,15H2,2H3/t13-,14+/m0/s1. The molecule has 0 radical (unpaired) electrons. The molecule has 16 heavy (non-hydrogen) atoms. The minimum atomic E-state index is -0.324. The van der Waals surface area contributed by atoms with E-state index in [1.807, 2.05) is 19.1 Å². The van der Waals surface area contributed by atoms with E-state index in [9.17, 15) is 5.11 Å². The number of nitrogens with two attached hydrogens (primary N) is 1. The van der Waals surface area contributed by atoms with Crippen LogP contribution in [0.5, 0.6) is 0 Å². The number of aliphatic hydroxyl groups excluding tert-OH is 1. The fraction of sp³-hybridized carbons (Fsp3) is 0.714. The van der Waals surface area contributed by atoms with Crippen LogP contribution in [0.3, 0.4) is 0 Å². The second-order valence-electron chi connectivity index (χ2n) is 4.44. The first-order valence-electron chi connectivity index (χ1n) is 6.39. The van der Waals surface area contributed by atoms with E-state index < -0.39 is 0 Å². The quantitative estimate of drug-likeness (QED) is 0.443. The van der Waals surface area contributed by atoms with E-state index in [0.717, 1.165) is 19.3 Å². The Labute approximate surface area is 100 Å². The molecule has 0 aromatic rings. The summed E-state index contributed by atoms with van der Waals surface area (Å²) in [5.41, 5.74) is 5.58. The van der Waals surface area contributed by atoms with Crippen LogP contribution in [0.1, 0.15) is 51.9 Å². The summed E-state index contributed by atoms with van der Waals surface area (Å²) in [6.07, 6.45) is 13.7. The van der Waals surface area contributed by atoms with Crippen LogP contribution >= 0.6 is 0 Å². The first-order chi connectivity index (χ1) is 7.68. The highest BCUT2D eigenvalue weighted by atomic mass is 16.3. The lowest BCUT2D eigenvalue weighted by molar-refractivity contribution is 0.138. The Kier molecular flexibility index (Phi) is 10.5. The molecule has 2 heteroatoms. The smallest absolute Gasteiger partial charge is 0.0688 e. The van der Waals surface area contributed by atoms with E-state index in [4.69, 9.17) is 5.73 Å². The van der Waals surface area contributed by atoms with Gasteiger partial charge in [0, 0.05) is 6.04 Å². The molecule has 3 N–H and O–H groups in total.